The molecule has 0 fully saturated rings. The van der Waals surface area contributed by atoms with Gasteiger partial charge in [-0.2, -0.15) is 0 Å². The van der Waals surface area contributed by atoms with Gasteiger partial charge in [0, 0.05) is 36.1 Å². The minimum atomic E-state index is -3.42. The summed E-state index contributed by atoms with van der Waals surface area (Å²) in [5.74, 6) is 0. The minimum absolute atomic E-state index is 0.178. The molecule has 5 aromatic rings. The van der Waals surface area contributed by atoms with Gasteiger partial charge in [-0.15, -0.1) is 0 Å². The van der Waals surface area contributed by atoms with E-state index < -0.39 is 9.84 Å². The van der Waals surface area contributed by atoms with Crippen molar-refractivity contribution < 1.29 is 8.42 Å². The normalized spacial score (nSPS) is 11.8. The van der Waals surface area contributed by atoms with Crippen LogP contribution in [-0.2, 0) is 9.84 Å². The van der Waals surface area contributed by atoms with Crippen LogP contribution < -0.4 is 5.32 Å². The number of aromatic nitrogens is 5. The molecular weight excluding hydrogens is 400 g/mol. The molecule has 0 aliphatic rings. The van der Waals surface area contributed by atoms with Crippen molar-refractivity contribution in [2.75, 3.05) is 11.6 Å². The van der Waals surface area contributed by atoms with Crippen molar-refractivity contribution in [3.8, 4) is 11.1 Å². The minimum Gasteiger partial charge on any atom is -0.353 e. The quantitative estimate of drug-likeness (QED) is 0.459. The summed E-state index contributed by atoms with van der Waals surface area (Å²) in [5, 5.41) is 3.18. The molecule has 8 nitrogen and oxygen atoms in total. The van der Waals surface area contributed by atoms with E-state index in [1.165, 1.54) is 24.7 Å². The Morgan fingerprint density at radius 3 is 2.67 bits per heavy atom. The lowest BCUT2D eigenvalue weighted by molar-refractivity contribution is 0.602. The number of hydrogen-bond donors (Lipinski definition) is 2. The van der Waals surface area contributed by atoms with E-state index in [4.69, 9.17) is 0 Å². The molecule has 5 rings (SSSR count). The number of fused-ring (bicyclic) bond motifs is 2. The van der Waals surface area contributed by atoms with Gasteiger partial charge in [0.05, 0.1) is 45.2 Å². The van der Waals surface area contributed by atoms with E-state index in [-0.39, 0.29) is 4.90 Å². The lowest BCUT2D eigenvalue weighted by atomic mass is 10.0. The van der Waals surface area contributed by atoms with Gasteiger partial charge in [-0.1, -0.05) is 6.07 Å². The number of rotatable bonds is 4. The Labute approximate surface area is 172 Å². The monoisotopic (exact) mass is 416 g/mol. The summed E-state index contributed by atoms with van der Waals surface area (Å²) in [6.07, 6.45) is 9.05. The molecule has 0 saturated carbocycles. The van der Waals surface area contributed by atoms with Crippen molar-refractivity contribution in [1.82, 2.24) is 24.9 Å². The lowest BCUT2D eigenvalue weighted by Gasteiger charge is -2.13. The number of sulfone groups is 1. The second-order valence-electron chi connectivity index (χ2n) is 6.85. The zero-order chi connectivity index (χ0) is 20.7. The van der Waals surface area contributed by atoms with Gasteiger partial charge in [0.1, 0.15) is 0 Å². The van der Waals surface area contributed by atoms with Crippen molar-refractivity contribution in [3.05, 3.63) is 67.5 Å². The first-order valence-corrected chi connectivity index (χ1v) is 11.0. The first kappa shape index (κ1) is 18.2. The predicted octanol–water partition coefficient (Wildman–Crippen LogP) is 3.72. The number of hydrogen-bond acceptors (Lipinski definition) is 7. The molecule has 0 bridgehead atoms. The third-order valence-corrected chi connectivity index (χ3v) is 5.92. The highest BCUT2D eigenvalue weighted by Gasteiger charge is 2.15. The standard InChI is InChI=1S/C21H16N6O2S/c1-30(28,29)20-4-5-22-11-19(20)27-14-9-15(21-18(10-14)23-6-7-24-21)13-2-3-16-17(8-13)26-12-25-16/h2-12,27H,1H3,(H,25,26). The summed E-state index contributed by atoms with van der Waals surface area (Å²) in [6, 6.07) is 11.1. The zero-order valence-corrected chi connectivity index (χ0v) is 16.7. The van der Waals surface area contributed by atoms with E-state index in [1.807, 2.05) is 30.3 Å². The number of aromatic amines is 1. The SMILES string of the molecule is CS(=O)(=O)c1ccncc1Nc1cc(-c2ccc3nc[nH]c3c2)c2nccnc2c1. The fraction of sp³-hybridized carbons (Fsp3) is 0.0476. The Kier molecular flexibility index (Phi) is 4.18. The van der Waals surface area contributed by atoms with Gasteiger partial charge >= 0.3 is 0 Å². The molecule has 0 radical (unpaired) electrons. The topological polar surface area (TPSA) is 114 Å². The highest BCUT2D eigenvalue weighted by molar-refractivity contribution is 7.90. The summed E-state index contributed by atoms with van der Waals surface area (Å²) < 4.78 is 24.3. The highest BCUT2D eigenvalue weighted by Crippen LogP contribution is 2.33. The van der Waals surface area contributed by atoms with E-state index in [9.17, 15) is 8.42 Å². The number of imidazole rings is 1. The maximum Gasteiger partial charge on any atom is 0.177 e. The van der Waals surface area contributed by atoms with Gasteiger partial charge in [-0.25, -0.2) is 13.4 Å². The summed E-state index contributed by atoms with van der Waals surface area (Å²) in [4.78, 5) is 20.6. The maximum atomic E-state index is 12.1. The summed E-state index contributed by atoms with van der Waals surface area (Å²) >= 11 is 0. The molecule has 148 valence electrons. The second-order valence-corrected chi connectivity index (χ2v) is 8.84. The average Bonchev–Trinajstić information content (AvgIpc) is 3.21. The van der Waals surface area contributed by atoms with E-state index in [1.54, 1.807) is 18.7 Å². The van der Waals surface area contributed by atoms with Crippen LogP contribution in [0.15, 0.2) is 72.4 Å². The zero-order valence-electron chi connectivity index (χ0n) is 15.9. The predicted molar refractivity (Wildman–Crippen MR) is 115 cm³/mol. The molecule has 3 aromatic heterocycles. The molecule has 0 amide bonds. The summed E-state index contributed by atoms with van der Waals surface area (Å²) in [6.45, 7) is 0. The van der Waals surface area contributed by atoms with Gasteiger partial charge in [0.15, 0.2) is 9.84 Å². The number of pyridine rings is 1. The maximum absolute atomic E-state index is 12.1. The van der Waals surface area contributed by atoms with Crippen molar-refractivity contribution in [3.63, 3.8) is 0 Å². The van der Waals surface area contributed by atoms with Gasteiger partial charge in [0.25, 0.3) is 0 Å². The van der Waals surface area contributed by atoms with Gasteiger partial charge in [-0.05, 0) is 35.9 Å². The van der Waals surface area contributed by atoms with Crippen LogP contribution >= 0.6 is 0 Å². The van der Waals surface area contributed by atoms with Gasteiger partial charge in [0.2, 0.25) is 0 Å². The summed E-state index contributed by atoms with van der Waals surface area (Å²) in [5.41, 5.74) is 6.10. The molecule has 0 spiro atoms. The van der Waals surface area contributed by atoms with Crippen molar-refractivity contribution in [2.45, 2.75) is 4.90 Å². The highest BCUT2D eigenvalue weighted by atomic mass is 32.2. The second kappa shape index (κ2) is 6.89. The van der Waals surface area contributed by atoms with Crippen LogP contribution in [-0.4, -0.2) is 39.6 Å². The van der Waals surface area contributed by atoms with E-state index in [0.29, 0.717) is 16.9 Å². The summed E-state index contributed by atoms with van der Waals surface area (Å²) in [7, 11) is -3.42. The largest absolute Gasteiger partial charge is 0.353 e. The molecule has 9 heteroatoms. The third-order valence-electron chi connectivity index (χ3n) is 4.76. The smallest absolute Gasteiger partial charge is 0.177 e. The van der Waals surface area contributed by atoms with E-state index >= 15 is 0 Å². The number of nitrogens with zero attached hydrogens (tertiary/aromatic N) is 4. The molecule has 0 atom stereocenters. The number of anilines is 2. The fourth-order valence-corrected chi connectivity index (χ4v) is 4.24. The molecule has 30 heavy (non-hydrogen) atoms. The van der Waals surface area contributed by atoms with Crippen LogP contribution in [0.2, 0.25) is 0 Å². The van der Waals surface area contributed by atoms with Gasteiger partial charge in [-0.3, -0.25) is 15.0 Å². The van der Waals surface area contributed by atoms with Crippen molar-refractivity contribution >= 4 is 43.3 Å². The molecule has 0 aliphatic heterocycles. The van der Waals surface area contributed by atoms with Crippen LogP contribution in [0.4, 0.5) is 11.4 Å². The molecule has 2 N–H and O–H groups in total. The first-order valence-electron chi connectivity index (χ1n) is 9.08. The van der Waals surface area contributed by atoms with Crippen LogP contribution in [0.25, 0.3) is 33.2 Å². The fourth-order valence-electron chi connectivity index (χ4n) is 3.42. The third kappa shape index (κ3) is 3.25. The molecule has 3 heterocycles. The number of benzene rings is 2. The van der Waals surface area contributed by atoms with Crippen molar-refractivity contribution in [2.24, 2.45) is 0 Å². The van der Waals surface area contributed by atoms with Crippen LogP contribution in [0.3, 0.4) is 0 Å². The number of H-pyrrole nitrogens is 1. The van der Waals surface area contributed by atoms with Crippen LogP contribution in [0.1, 0.15) is 0 Å². The molecular formula is C21H16N6O2S. The van der Waals surface area contributed by atoms with E-state index in [2.05, 4.69) is 30.2 Å². The Morgan fingerprint density at radius 2 is 1.80 bits per heavy atom. The molecule has 0 unspecified atom stereocenters. The Hall–Kier alpha value is -3.85. The molecule has 0 saturated heterocycles. The average molecular weight is 416 g/mol. The van der Waals surface area contributed by atoms with E-state index in [0.717, 1.165) is 27.7 Å². The Morgan fingerprint density at radius 1 is 0.933 bits per heavy atom. The molecule has 0 aliphatic carbocycles. The van der Waals surface area contributed by atoms with Crippen LogP contribution in [0, 0.1) is 0 Å². The number of nitrogens with one attached hydrogen (secondary N) is 2. The van der Waals surface area contributed by atoms with Crippen LogP contribution in [0.5, 0.6) is 0 Å². The Balaban J connectivity index is 1.68. The molecule has 2 aromatic carbocycles. The van der Waals surface area contributed by atoms with Gasteiger partial charge < -0.3 is 10.3 Å². The lowest BCUT2D eigenvalue weighted by Crippen LogP contribution is -2.03. The first-order chi connectivity index (χ1) is 14.5. The van der Waals surface area contributed by atoms with Crippen molar-refractivity contribution in [1.29, 1.82) is 0 Å². The Bertz CT molecular complexity index is 1510.